The van der Waals surface area contributed by atoms with Crippen molar-refractivity contribution in [3.05, 3.63) is 36.7 Å². The van der Waals surface area contributed by atoms with Crippen LogP contribution in [0.1, 0.15) is 26.5 Å². The number of hydrogen-bond donors (Lipinski definition) is 2. The summed E-state index contributed by atoms with van der Waals surface area (Å²) in [5.41, 5.74) is 6.90. The normalized spacial score (nSPS) is 20.6. The SMILES string of the molecule is CCOC(=O)CNP(OCC1CC(C)C(n2cnc3c(OC)nc(N)nc32)O1)Oc1ccccc1. The second-order valence-electron chi connectivity index (χ2n) is 7.87. The van der Waals surface area contributed by atoms with Crippen LogP contribution in [-0.4, -0.2) is 58.5 Å². The fraction of sp³-hybridized carbons (Fsp3) is 0.455. The van der Waals surface area contributed by atoms with E-state index in [0.29, 0.717) is 29.4 Å². The zero-order valence-corrected chi connectivity index (χ0v) is 20.7. The predicted octanol–water partition coefficient (Wildman–Crippen LogP) is 2.82. The van der Waals surface area contributed by atoms with Crippen molar-refractivity contribution in [2.45, 2.75) is 32.6 Å². The van der Waals surface area contributed by atoms with Gasteiger partial charge in [0.2, 0.25) is 11.8 Å². The van der Waals surface area contributed by atoms with Crippen molar-refractivity contribution in [3.63, 3.8) is 0 Å². The van der Waals surface area contributed by atoms with Gasteiger partial charge in [0.25, 0.3) is 0 Å². The molecule has 4 rings (SSSR count). The topological polar surface area (TPSA) is 145 Å². The van der Waals surface area contributed by atoms with Crippen molar-refractivity contribution < 1.29 is 28.1 Å². The number of carbonyl (C=O) groups is 1. The molecule has 3 heterocycles. The maximum Gasteiger partial charge on any atom is 0.320 e. The van der Waals surface area contributed by atoms with Crippen LogP contribution in [0.2, 0.25) is 0 Å². The van der Waals surface area contributed by atoms with Crippen LogP contribution in [0.15, 0.2) is 36.7 Å². The minimum atomic E-state index is -1.61. The van der Waals surface area contributed by atoms with Gasteiger partial charge in [0.15, 0.2) is 11.2 Å². The zero-order valence-electron chi connectivity index (χ0n) is 19.8. The number of esters is 1. The molecule has 4 atom stereocenters. The van der Waals surface area contributed by atoms with E-state index in [1.807, 2.05) is 34.9 Å². The highest BCUT2D eigenvalue weighted by Crippen LogP contribution is 2.40. The zero-order chi connectivity index (χ0) is 24.8. The fourth-order valence-electron chi connectivity index (χ4n) is 3.77. The molecule has 1 aromatic carbocycles. The number of nitrogens with one attached hydrogen (secondary N) is 1. The first-order chi connectivity index (χ1) is 17.0. The Bertz CT molecular complexity index is 1130. The number of aromatic nitrogens is 4. The van der Waals surface area contributed by atoms with E-state index in [-0.39, 0.29) is 43.3 Å². The number of para-hydroxylation sites is 1. The monoisotopic (exact) mass is 504 g/mol. The fourth-order valence-corrected chi connectivity index (χ4v) is 4.86. The van der Waals surface area contributed by atoms with Crippen LogP contribution >= 0.6 is 8.53 Å². The molecule has 0 saturated carbocycles. The van der Waals surface area contributed by atoms with Gasteiger partial charge in [-0.1, -0.05) is 25.1 Å². The van der Waals surface area contributed by atoms with E-state index in [9.17, 15) is 4.79 Å². The van der Waals surface area contributed by atoms with Crippen molar-refractivity contribution in [2.24, 2.45) is 5.92 Å². The standard InChI is InChI=1S/C22H29N6O6P/c1-4-31-17(29)11-25-35(34-15-8-6-5-7-9-15)32-12-16-10-14(2)21(33-16)28-13-24-18-19(28)26-22(23)27-20(18)30-3/h5-9,13-14,16,21,25H,4,10-12H2,1-3H3,(H2,23,26,27). The minimum Gasteiger partial charge on any atom is -0.479 e. The highest BCUT2D eigenvalue weighted by molar-refractivity contribution is 7.45. The van der Waals surface area contributed by atoms with E-state index in [2.05, 4.69) is 27.0 Å². The first-order valence-electron chi connectivity index (χ1n) is 11.2. The van der Waals surface area contributed by atoms with E-state index >= 15 is 0 Å². The minimum absolute atomic E-state index is 0.0269. The smallest absolute Gasteiger partial charge is 0.320 e. The lowest BCUT2D eigenvalue weighted by molar-refractivity contribution is -0.141. The van der Waals surface area contributed by atoms with Gasteiger partial charge in [-0.05, 0) is 25.5 Å². The number of rotatable bonds is 11. The number of nitrogens with zero attached hydrogens (tertiary/aromatic N) is 4. The van der Waals surface area contributed by atoms with Gasteiger partial charge in [-0.2, -0.15) is 9.97 Å². The number of methoxy groups -OCH3 is 1. The second-order valence-corrected chi connectivity index (χ2v) is 9.15. The molecule has 4 unspecified atom stereocenters. The molecule has 188 valence electrons. The number of ether oxygens (including phenoxy) is 3. The summed E-state index contributed by atoms with van der Waals surface area (Å²) in [5, 5.41) is 3.00. The number of hydrogen-bond acceptors (Lipinski definition) is 11. The lowest BCUT2D eigenvalue weighted by Gasteiger charge is -2.21. The lowest BCUT2D eigenvalue weighted by atomic mass is 10.1. The summed E-state index contributed by atoms with van der Waals surface area (Å²) in [5.74, 6) is 0.808. The summed E-state index contributed by atoms with van der Waals surface area (Å²) in [7, 11) is -0.105. The van der Waals surface area contributed by atoms with Crippen LogP contribution in [0.25, 0.3) is 11.2 Å². The third-order valence-electron chi connectivity index (χ3n) is 5.29. The van der Waals surface area contributed by atoms with Crippen LogP contribution in [0, 0.1) is 5.92 Å². The molecule has 1 aliphatic heterocycles. The first-order valence-corrected chi connectivity index (χ1v) is 12.4. The molecule has 13 heteroatoms. The Hall–Kier alpha value is -3.05. The van der Waals surface area contributed by atoms with Crippen LogP contribution in [0.5, 0.6) is 11.6 Å². The van der Waals surface area contributed by atoms with Crippen molar-refractivity contribution in [3.8, 4) is 11.6 Å². The van der Waals surface area contributed by atoms with Gasteiger partial charge in [-0.15, -0.1) is 0 Å². The molecule has 2 aromatic heterocycles. The van der Waals surface area contributed by atoms with Gasteiger partial charge in [0.05, 0.1) is 32.8 Å². The molecule has 12 nitrogen and oxygen atoms in total. The van der Waals surface area contributed by atoms with Gasteiger partial charge >= 0.3 is 14.5 Å². The van der Waals surface area contributed by atoms with Gasteiger partial charge in [0.1, 0.15) is 18.5 Å². The number of imidazole rings is 1. The average molecular weight is 504 g/mol. The number of carbonyl (C=O) groups excluding carboxylic acids is 1. The van der Waals surface area contributed by atoms with Crippen LogP contribution in [0.3, 0.4) is 0 Å². The first kappa shape index (κ1) is 25.1. The quantitative estimate of drug-likeness (QED) is 0.294. The van der Waals surface area contributed by atoms with Gasteiger partial charge in [-0.25, -0.2) is 10.1 Å². The van der Waals surface area contributed by atoms with Crippen LogP contribution in [0.4, 0.5) is 5.95 Å². The Morgan fingerprint density at radius 3 is 2.86 bits per heavy atom. The summed E-state index contributed by atoms with van der Waals surface area (Å²) < 4.78 is 30.4. The molecular weight excluding hydrogens is 475 g/mol. The number of nitrogens with two attached hydrogens (primary N) is 1. The highest BCUT2D eigenvalue weighted by atomic mass is 31.2. The summed E-state index contributed by atoms with van der Waals surface area (Å²) in [6.45, 7) is 4.38. The van der Waals surface area contributed by atoms with E-state index in [4.69, 9.17) is 29.0 Å². The largest absolute Gasteiger partial charge is 0.479 e. The molecule has 0 spiro atoms. The molecular formula is C22H29N6O6P. The molecule has 1 aliphatic rings. The molecule has 0 aliphatic carbocycles. The van der Waals surface area contributed by atoms with Crippen molar-refractivity contribution in [1.82, 2.24) is 24.6 Å². The Morgan fingerprint density at radius 2 is 2.11 bits per heavy atom. The second kappa shape index (κ2) is 11.6. The predicted molar refractivity (Wildman–Crippen MR) is 129 cm³/mol. The van der Waals surface area contributed by atoms with Crippen LogP contribution in [-0.2, 0) is 18.8 Å². The van der Waals surface area contributed by atoms with E-state index in [1.54, 1.807) is 13.3 Å². The molecule has 1 saturated heterocycles. The van der Waals surface area contributed by atoms with Gasteiger partial charge < -0.3 is 29.0 Å². The van der Waals surface area contributed by atoms with E-state index < -0.39 is 8.53 Å². The summed E-state index contributed by atoms with van der Waals surface area (Å²) in [6.07, 6.45) is 1.87. The molecule has 0 amide bonds. The average Bonchev–Trinajstić information content (AvgIpc) is 3.43. The Labute approximate surface area is 204 Å². The summed E-state index contributed by atoms with van der Waals surface area (Å²) >= 11 is 0. The highest BCUT2D eigenvalue weighted by Gasteiger charge is 2.36. The summed E-state index contributed by atoms with van der Waals surface area (Å²) in [4.78, 5) is 24.6. The molecule has 3 N–H and O–H groups in total. The number of fused-ring (bicyclic) bond motifs is 1. The number of anilines is 1. The van der Waals surface area contributed by atoms with Crippen molar-refractivity contribution in [2.75, 3.05) is 32.6 Å². The third kappa shape index (κ3) is 6.15. The maximum absolute atomic E-state index is 11.8. The summed E-state index contributed by atoms with van der Waals surface area (Å²) in [6, 6.07) is 9.26. The van der Waals surface area contributed by atoms with Crippen LogP contribution < -0.4 is 20.1 Å². The molecule has 1 fully saturated rings. The molecule has 0 bridgehead atoms. The van der Waals surface area contributed by atoms with Crippen molar-refractivity contribution >= 4 is 31.6 Å². The number of benzene rings is 1. The molecule has 0 radical (unpaired) electrons. The van der Waals surface area contributed by atoms with E-state index in [1.165, 1.54) is 7.11 Å². The number of nitrogen functional groups attached to an aromatic ring is 1. The Kier molecular flexibility index (Phi) is 8.29. The van der Waals surface area contributed by atoms with E-state index in [0.717, 1.165) is 6.42 Å². The maximum atomic E-state index is 11.8. The Balaban J connectivity index is 1.41. The van der Waals surface area contributed by atoms with Crippen molar-refractivity contribution in [1.29, 1.82) is 0 Å². The molecule has 35 heavy (non-hydrogen) atoms. The van der Waals surface area contributed by atoms with Gasteiger partial charge in [-0.3, -0.25) is 9.36 Å². The molecule has 3 aromatic rings. The Morgan fingerprint density at radius 1 is 1.31 bits per heavy atom. The van der Waals surface area contributed by atoms with Gasteiger partial charge in [0, 0.05) is 5.92 Å². The third-order valence-corrected chi connectivity index (χ3v) is 6.47. The lowest BCUT2D eigenvalue weighted by Crippen LogP contribution is -2.25.